The van der Waals surface area contributed by atoms with Crippen molar-refractivity contribution in [2.45, 2.75) is 31.8 Å². The smallest absolute Gasteiger partial charge is 0.124 e. The van der Waals surface area contributed by atoms with Crippen LogP contribution < -0.4 is 5.32 Å². The van der Waals surface area contributed by atoms with Gasteiger partial charge < -0.3 is 9.88 Å². The van der Waals surface area contributed by atoms with Gasteiger partial charge in [0.1, 0.15) is 5.82 Å². The first kappa shape index (κ1) is 12.4. The summed E-state index contributed by atoms with van der Waals surface area (Å²) in [5.74, 6) is 1.26. The third-order valence-corrected chi connectivity index (χ3v) is 4.38. The fourth-order valence-corrected chi connectivity index (χ4v) is 3.21. The van der Waals surface area contributed by atoms with E-state index in [2.05, 4.69) is 39.0 Å². The maximum absolute atomic E-state index is 4.90. The van der Waals surface area contributed by atoms with Crippen LogP contribution in [0.15, 0.2) is 24.3 Å². The number of hydrogen-bond donors (Lipinski definition) is 1. The molecule has 0 atom stereocenters. The maximum Gasteiger partial charge on any atom is 0.124 e. The molecular formula is C16H22N4. The number of benzene rings is 1. The first-order valence-electron chi connectivity index (χ1n) is 7.81. The van der Waals surface area contributed by atoms with Crippen LogP contribution in [-0.4, -0.2) is 40.6 Å². The van der Waals surface area contributed by atoms with Gasteiger partial charge in [-0.2, -0.15) is 0 Å². The van der Waals surface area contributed by atoms with E-state index in [0.29, 0.717) is 6.04 Å². The lowest BCUT2D eigenvalue weighted by Crippen LogP contribution is -2.29. The van der Waals surface area contributed by atoms with Gasteiger partial charge in [-0.15, -0.1) is 0 Å². The zero-order chi connectivity index (χ0) is 13.4. The van der Waals surface area contributed by atoms with Crippen LogP contribution >= 0.6 is 0 Å². The van der Waals surface area contributed by atoms with E-state index in [1.165, 1.54) is 37.1 Å². The molecule has 1 aromatic heterocycles. The topological polar surface area (TPSA) is 33.1 Å². The number of rotatable bonds is 3. The zero-order valence-electron chi connectivity index (χ0n) is 11.9. The summed E-state index contributed by atoms with van der Waals surface area (Å²) in [6.07, 6.45) is 3.87. The molecule has 2 fully saturated rings. The van der Waals surface area contributed by atoms with Gasteiger partial charge in [0.05, 0.1) is 17.6 Å². The Balaban J connectivity index is 1.66. The summed E-state index contributed by atoms with van der Waals surface area (Å²) in [6, 6.07) is 9.27. The van der Waals surface area contributed by atoms with Crippen LogP contribution in [0.4, 0.5) is 0 Å². The van der Waals surface area contributed by atoms with Gasteiger partial charge in [0.25, 0.3) is 0 Å². The molecule has 20 heavy (non-hydrogen) atoms. The Kier molecular flexibility index (Phi) is 3.20. The van der Waals surface area contributed by atoms with Gasteiger partial charge in [0.2, 0.25) is 0 Å². The second kappa shape index (κ2) is 5.19. The van der Waals surface area contributed by atoms with E-state index in [1.807, 2.05) is 0 Å². The van der Waals surface area contributed by atoms with Gasteiger partial charge in [0, 0.05) is 19.1 Å². The highest BCUT2D eigenvalue weighted by Gasteiger charge is 2.28. The SMILES string of the molecule is c1ccc2c(c1)nc(CN1CCCNCC1)n2C1CC1. The molecule has 2 aliphatic rings. The highest BCUT2D eigenvalue weighted by atomic mass is 15.2. The van der Waals surface area contributed by atoms with Gasteiger partial charge in [-0.3, -0.25) is 4.90 Å². The fourth-order valence-electron chi connectivity index (χ4n) is 3.21. The number of nitrogens with zero attached hydrogens (tertiary/aromatic N) is 3. The van der Waals surface area contributed by atoms with Crippen LogP contribution in [0.1, 0.15) is 31.1 Å². The first-order chi connectivity index (χ1) is 9.92. The van der Waals surface area contributed by atoms with E-state index in [1.54, 1.807) is 0 Å². The number of nitrogens with one attached hydrogen (secondary N) is 1. The average molecular weight is 270 g/mol. The summed E-state index contributed by atoms with van der Waals surface area (Å²) in [7, 11) is 0. The quantitative estimate of drug-likeness (QED) is 0.928. The van der Waals surface area contributed by atoms with Gasteiger partial charge in [-0.25, -0.2) is 4.98 Å². The Morgan fingerprint density at radius 3 is 2.95 bits per heavy atom. The van der Waals surface area contributed by atoms with Crippen LogP contribution in [0, 0.1) is 0 Å². The standard InChI is InChI=1S/C16H22N4/c1-2-5-15-14(4-1)18-16(20(15)13-6-7-13)12-19-10-3-8-17-9-11-19/h1-2,4-5,13,17H,3,6-12H2. The fraction of sp³-hybridized carbons (Fsp3) is 0.562. The Hall–Kier alpha value is -1.39. The van der Waals surface area contributed by atoms with Gasteiger partial charge in [0.15, 0.2) is 0 Å². The molecule has 0 radical (unpaired) electrons. The van der Waals surface area contributed by atoms with Crippen molar-refractivity contribution < 1.29 is 0 Å². The lowest BCUT2D eigenvalue weighted by atomic mass is 10.3. The third kappa shape index (κ3) is 2.34. The van der Waals surface area contributed by atoms with E-state index < -0.39 is 0 Å². The molecule has 2 aromatic rings. The molecule has 2 heterocycles. The number of fused-ring (bicyclic) bond motifs is 1. The molecule has 1 saturated heterocycles. The molecular weight excluding hydrogens is 248 g/mol. The summed E-state index contributed by atoms with van der Waals surface area (Å²) in [5, 5.41) is 3.47. The highest BCUT2D eigenvalue weighted by Crippen LogP contribution is 2.38. The Bertz CT molecular complexity index is 592. The molecule has 1 aliphatic carbocycles. The highest BCUT2D eigenvalue weighted by molar-refractivity contribution is 5.76. The molecule has 1 aliphatic heterocycles. The number of para-hydroxylation sites is 2. The van der Waals surface area contributed by atoms with Gasteiger partial charge in [-0.1, -0.05) is 12.1 Å². The lowest BCUT2D eigenvalue weighted by molar-refractivity contribution is 0.273. The predicted molar refractivity (Wildman–Crippen MR) is 80.8 cm³/mol. The summed E-state index contributed by atoms with van der Waals surface area (Å²) in [6.45, 7) is 5.56. The van der Waals surface area contributed by atoms with Crippen molar-refractivity contribution in [3.63, 3.8) is 0 Å². The molecule has 4 rings (SSSR count). The second-order valence-electron chi connectivity index (χ2n) is 6.00. The van der Waals surface area contributed by atoms with Crippen LogP contribution in [0.2, 0.25) is 0 Å². The number of imidazole rings is 1. The summed E-state index contributed by atoms with van der Waals surface area (Å²) in [5.41, 5.74) is 2.47. The number of hydrogen-bond acceptors (Lipinski definition) is 3. The van der Waals surface area contributed by atoms with Crippen molar-refractivity contribution in [1.29, 1.82) is 0 Å². The Morgan fingerprint density at radius 1 is 1.15 bits per heavy atom. The molecule has 1 N–H and O–H groups in total. The number of aromatic nitrogens is 2. The van der Waals surface area contributed by atoms with E-state index in [-0.39, 0.29) is 0 Å². The minimum absolute atomic E-state index is 0.697. The van der Waals surface area contributed by atoms with Crippen molar-refractivity contribution in [2.75, 3.05) is 26.2 Å². The summed E-state index contributed by atoms with van der Waals surface area (Å²) in [4.78, 5) is 7.44. The monoisotopic (exact) mass is 270 g/mol. The van der Waals surface area contributed by atoms with Crippen molar-refractivity contribution in [3.8, 4) is 0 Å². The first-order valence-corrected chi connectivity index (χ1v) is 7.81. The molecule has 4 nitrogen and oxygen atoms in total. The minimum Gasteiger partial charge on any atom is -0.324 e. The molecule has 1 aromatic carbocycles. The maximum atomic E-state index is 4.90. The van der Waals surface area contributed by atoms with Crippen LogP contribution in [0.25, 0.3) is 11.0 Å². The molecule has 0 unspecified atom stereocenters. The molecule has 0 amide bonds. The average Bonchev–Trinajstić information content (AvgIpc) is 3.26. The zero-order valence-corrected chi connectivity index (χ0v) is 11.9. The molecule has 0 spiro atoms. The van der Waals surface area contributed by atoms with Crippen LogP contribution in [-0.2, 0) is 6.54 Å². The lowest BCUT2D eigenvalue weighted by Gasteiger charge is -2.19. The van der Waals surface area contributed by atoms with E-state index in [4.69, 9.17) is 4.98 Å². The van der Waals surface area contributed by atoms with Crippen LogP contribution in [0.5, 0.6) is 0 Å². The summed E-state index contributed by atoms with van der Waals surface area (Å²) >= 11 is 0. The van der Waals surface area contributed by atoms with Gasteiger partial charge >= 0.3 is 0 Å². The van der Waals surface area contributed by atoms with Gasteiger partial charge in [-0.05, 0) is 44.5 Å². The summed E-state index contributed by atoms with van der Waals surface area (Å²) < 4.78 is 2.49. The van der Waals surface area contributed by atoms with Crippen molar-refractivity contribution >= 4 is 11.0 Å². The van der Waals surface area contributed by atoms with E-state index >= 15 is 0 Å². The van der Waals surface area contributed by atoms with E-state index in [9.17, 15) is 0 Å². The third-order valence-electron chi connectivity index (χ3n) is 4.38. The minimum atomic E-state index is 0.697. The molecule has 0 bridgehead atoms. The molecule has 106 valence electrons. The Morgan fingerprint density at radius 2 is 2.05 bits per heavy atom. The predicted octanol–water partition coefficient (Wildman–Crippen LogP) is 2.17. The second-order valence-corrected chi connectivity index (χ2v) is 6.00. The van der Waals surface area contributed by atoms with E-state index in [0.717, 1.165) is 31.7 Å². The Labute approximate surface area is 119 Å². The molecule has 4 heteroatoms. The normalized spacial score (nSPS) is 21.2. The van der Waals surface area contributed by atoms with Crippen molar-refractivity contribution in [1.82, 2.24) is 19.8 Å². The van der Waals surface area contributed by atoms with Crippen LogP contribution in [0.3, 0.4) is 0 Å². The van der Waals surface area contributed by atoms with Crippen molar-refractivity contribution in [3.05, 3.63) is 30.1 Å². The largest absolute Gasteiger partial charge is 0.324 e. The van der Waals surface area contributed by atoms with Crippen molar-refractivity contribution in [2.24, 2.45) is 0 Å². The molecule has 1 saturated carbocycles.